The number of rotatable bonds is 1. The summed E-state index contributed by atoms with van der Waals surface area (Å²) in [6.07, 6.45) is 0. The Balaban J connectivity index is 2.51. The van der Waals surface area contributed by atoms with E-state index in [0.29, 0.717) is 13.1 Å². The van der Waals surface area contributed by atoms with Crippen molar-refractivity contribution in [1.29, 1.82) is 0 Å². The van der Waals surface area contributed by atoms with E-state index in [-0.39, 0.29) is 11.9 Å². The average molecular weight is 143 g/mol. The summed E-state index contributed by atoms with van der Waals surface area (Å²) in [7, 11) is 1.79. The fourth-order valence-electron chi connectivity index (χ4n) is 1.05. The highest BCUT2D eigenvalue weighted by Gasteiger charge is 2.22. The molecule has 1 heterocycles. The predicted octanol–water partition coefficient (Wildman–Crippen LogP) is -1.62. The fourth-order valence-corrected chi connectivity index (χ4v) is 1.05. The van der Waals surface area contributed by atoms with Gasteiger partial charge in [-0.2, -0.15) is 0 Å². The van der Waals surface area contributed by atoms with Crippen molar-refractivity contribution in [3.05, 3.63) is 0 Å². The van der Waals surface area contributed by atoms with Crippen LogP contribution in [0.15, 0.2) is 0 Å². The standard InChI is InChI=1S/C6H13N3O/c1-9-5(2-7)3-8-4-6(9)10/h5,8H,2-4,7H2,1H3. The summed E-state index contributed by atoms with van der Waals surface area (Å²) in [6, 6.07) is 0.182. The first-order valence-corrected chi connectivity index (χ1v) is 3.42. The van der Waals surface area contributed by atoms with Gasteiger partial charge in [0.15, 0.2) is 0 Å². The molecule has 0 bridgehead atoms. The smallest absolute Gasteiger partial charge is 0.236 e. The zero-order valence-corrected chi connectivity index (χ0v) is 6.13. The second-order valence-corrected chi connectivity index (χ2v) is 2.53. The van der Waals surface area contributed by atoms with Crippen LogP contribution < -0.4 is 11.1 Å². The normalized spacial score (nSPS) is 27.2. The van der Waals surface area contributed by atoms with E-state index >= 15 is 0 Å². The van der Waals surface area contributed by atoms with Gasteiger partial charge in [-0.3, -0.25) is 4.79 Å². The molecule has 1 aliphatic rings. The minimum Gasteiger partial charge on any atom is -0.339 e. The highest BCUT2D eigenvalue weighted by Crippen LogP contribution is 1.97. The third kappa shape index (κ3) is 1.27. The first-order chi connectivity index (χ1) is 4.75. The molecule has 1 unspecified atom stereocenters. The van der Waals surface area contributed by atoms with Crippen LogP contribution in [-0.2, 0) is 4.79 Å². The molecule has 0 aliphatic carbocycles. The van der Waals surface area contributed by atoms with Crippen molar-refractivity contribution in [3.63, 3.8) is 0 Å². The third-order valence-corrected chi connectivity index (χ3v) is 1.87. The van der Waals surface area contributed by atoms with Crippen molar-refractivity contribution in [2.75, 3.05) is 26.7 Å². The van der Waals surface area contributed by atoms with Crippen molar-refractivity contribution in [3.8, 4) is 0 Å². The van der Waals surface area contributed by atoms with Gasteiger partial charge in [-0.15, -0.1) is 0 Å². The lowest BCUT2D eigenvalue weighted by molar-refractivity contribution is -0.132. The monoisotopic (exact) mass is 143 g/mol. The van der Waals surface area contributed by atoms with Crippen LogP contribution >= 0.6 is 0 Å². The topological polar surface area (TPSA) is 58.4 Å². The Morgan fingerprint density at radius 3 is 3.10 bits per heavy atom. The summed E-state index contributed by atoms with van der Waals surface area (Å²) in [5.41, 5.74) is 5.42. The van der Waals surface area contributed by atoms with Crippen LogP contribution in [-0.4, -0.2) is 43.5 Å². The molecule has 1 aliphatic heterocycles. The summed E-state index contributed by atoms with van der Waals surface area (Å²) in [5, 5.41) is 2.99. The molecule has 1 amide bonds. The largest absolute Gasteiger partial charge is 0.339 e. The molecule has 0 saturated carbocycles. The Hall–Kier alpha value is -0.610. The molecule has 4 nitrogen and oxygen atoms in total. The van der Waals surface area contributed by atoms with Gasteiger partial charge in [0.25, 0.3) is 0 Å². The molecular formula is C6H13N3O. The van der Waals surface area contributed by atoms with E-state index in [0.717, 1.165) is 6.54 Å². The molecule has 0 aromatic heterocycles. The maximum atomic E-state index is 11.0. The molecule has 3 N–H and O–H groups in total. The van der Waals surface area contributed by atoms with E-state index in [9.17, 15) is 4.79 Å². The van der Waals surface area contributed by atoms with Crippen molar-refractivity contribution in [2.45, 2.75) is 6.04 Å². The number of carbonyl (C=O) groups excluding carboxylic acids is 1. The van der Waals surface area contributed by atoms with Gasteiger partial charge in [-0.25, -0.2) is 0 Å². The van der Waals surface area contributed by atoms with Gasteiger partial charge in [0.2, 0.25) is 5.91 Å². The third-order valence-electron chi connectivity index (χ3n) is 1.87. The van der Waals surface area contributed by atoms with Gasteiger partial charge in [-0.1, -0.05) is 0 Å². The van der Waals surface area contributed by atoms with Gasteiger partial charge in [0.1, 0.15) is 0 Å². The van der Waals surface area contributed by atoms with Gasteiger partial charge in [0, 0.05) is 20.1 Å². The number of hydrogen-bond donors (Lipinski definition) is 2. The second-order valence-electron chi connectivity index (χ2n) is 2.53. The van der Waals surface area contributed by atoms with Gasteiger partial charge < -0.3 is 16.0 Å². The fraction of sp³-hybridized carbons (Fsp3) is 0.833. The molecule has 1 rings (SSSR count). The van der Waals surface area contributed by atoms with Gasteiger partial charge in [-0.05, 0) is 0 Å². The second kappa shape index (κ2) is 2.98. The van der Waals surface area contributed by atoms with Crippen LogP contribution in [0.5, 0.6) is 0 Å². The number of nitrogens with two attached hydrogens (primary N) is 1. The number of carbonyl (C=O) groups is 1. The Morgan fingerprint density at radius 1 is 1.90 bits per heavy atom. The SMILES string of the molecule is CN1C(=O)CNCC1CN. The molecule has 4 heteroatoms. The first-order valence-electron chi connectivity index (χ1n) is 3.42. The van der Waals surface area contributed by atoms with Crippen LogP contribution in [0.4, 0.5) is 0 Å². The minimum absolute atomic E-state index is 0.127. The van der Waals surface area contributed by atoms with E-state index in [1.54, 1.807) is 11.9 Å². The zero-order chi connectivity index (χ0) is 7.56. The number of nitrogens with zero attached hydrogens (tertiary/aromatic N) is 1. The van der Waals surface area contributed by atoms with E-state index in [4.69, 9.17) is 5.73 Å². The Bertz CT molecular complexity index is 137. The van der Waals surface area contributed by atoms with E-state index < -0.39 is 0 Å². The van der Waals surface area contributed by atoms with E-state index in [1.165, 1.54) is 0 Å². The molecule has 0 radical (unpaired) electrons. The van der Waals surface area contributed by atoms with Gasteiger partial charge in [0.05, 0.1) is 12.6 Å². The van der Waals surface area contributed by atoms with Crippen molar-refractivity contribution in [2.24, 2.45) is 5.73 Å². The highest BCUT2D eigenvalue weighted by atomic mass is 16.2. The van der Waals surface area contributed by atoms with Crippen LogP contribution in [0.3, 0.4) is 0 Å². The molecule has 58 valence electrons. The number of likely N-dealkylation sites (N-methyl/N-ethyl adjacent to an activating group) is 1. The summed E-state index contributed by atoms with van der Waals surface area (Å²) in [5.74, 6) is 0.127. The average Bonchev–Trinajstić information content (AvgIpc) is 1.95. The van der Waals surface area contributed by atoms with Crippen LogP contribution in [0.1, 0.15) is 0 Å². The highest BCUT2D eigenvalue weighted by molar-refractivity contribution is 5.79. The first kappa shape index (κ1) is 7.50. The number of amides is 1. The maximum Gasteiger partial charge on any atom is 0.236 e. The zero-order valence-electron chi connectivity index (χ0n) is 6.13. The lowest BCUT2D eigenvalue weighted by Gasteiger charge is -2.31. The lowest BCUT2D eigenvalue weighted by Crippen LogP contribution is -2.55. The summed E-state index contributed by atoms with van der Waals surface area (Å²) >= 11 is 0. The Kier molecular flexibility index (Phi) is 2.24. The summed E-state index contributed by atoms with van der Waals surface area (Å²) < 4.78 is 0. The molecule has 1 fully saturated rings. The van der Waals surface area contributed by atoms with Crippen molar-refractivity contribution >= 4 is 5.91 Å². The number of nitrogens with one attached hydrogen (secondary N) is 1. The quantitative estimate of drug-likeness (QED) is 0.463. The number of piperazine rings is 1. The predicted molar refractivity (Wildman–Crippen MR) is 38.5 cm³/mol. The Morgan fingerprint density at radius 2 is 2.60 bits per heavy atom. The molecule has 0 spiro atoms. The van der Waals surface area contributed by atoms with E-state index in [2.05, 4.69) is 5.32 Å². The maximum absolute atomic E-state index is 11.0. The van der Waals surface area contributed by atoms with E-state index in [1.807, 2.05) is 0 Å². The molecule has 1 atom stereocenters. The van der Waals surface area contributed by atoms with Crippen LogP contribution in [0.25, 0.3) is 0 Å². The molecule has 0 aromatic carbocycles. The summed E-state index contributed by atoms with van der Waals surface area (Å²) in [6.45, 7) is 1.81. The summed E-state index contributed by atoms with van der Waals surface area (Å²) in [4.78, 5) is 12.7. The Labute approximate surface area is 60.4 Å². The minimum atomic E-state index is 0.127. The van der Waals surface area contributed by atoms with Gasteiger partial charge >= 0.3 is 0 Å². The molecule has 1 saturated heterocycles. The molecular weight excluding hydrogens is 130 g/mol. The number of hydrogen-bond acceptors (Lipinski definition) is 3. The molecule has 10 heavy (non-hydrogen) atoms. The van der Waals surface area contributed by atoms with Crippen molar-refractivity contribution in [1.82, 2.24) is 10.2 Å². The van der Waals surface area contributed by atoms with Crippen LogP contribution in [0, 0.1) is 0 Å². The molecule has 0 aromatic rings. The lowest BCUT2D eigenvalue weighted by atomic mass is 10.2. The van der Waals surface area contributed by atoms with Crippen LogP contribution in [0.2, 0.25) is 0 Å². The van der Waals surface area contributed by atoms with Crippen molar-refractivity contribution < 1.29 is 4.79 Å².